The lowest BCUT2D eigenvalue weighted by atomic mass is 9.85. The van der Waals surface area contributed by atoms with Crippen LogP contribution in [0.2, 0.25) is 0 Å². The summed E-state index contributed by atoms with van der Waals surface area (Å²) in [4.78, 5) is 24.6. The summed E-state index contributed by atoms with van der Waals surface area (Å²) in [5.41, 5.74) is 5.22. The molecule has 0 atom stereocenters. The van der Waals surface area contributed by atoms with Crippen LogP contribution in [0.3, 0.4) is 0 Å². The van der Waals surface area contributed by atoms with E-state index < -0.39 is 0 Å². The lowest BCUT2D eigenvalue weighted by Crippen LogP contribution is -2.44. The van der Waals surface area contributed by atoms with Gasteiger partial charge in [0.05, 0.1) is 36.0 Å². The van der Waals surface area contributed by atoms with Gasteiger partial charge >= 0.3 is 0 Å². The molecule has 1 saturated heterocycles. The highest BCUT2D eigenvalue weighted by atomic mass is 32.2. The van der Waals surface area contributed by atoms with Crippen LogP contribution < -0.4 is 0 Å². The van der Waals surface area contributed by atoms with Gasteiger partial charge in [-0.15, -0.1) is 0 Å². The van der Waals surface area contributed by atoms with Gasteiger partial charge in [0.15, 0.2) is 5.17 Å². The van der Waals surface area contributed by atoms with Crippen LogP contribution in [0.5, 0.6) is 0 Å². The maximum Gasteiger partial charge on any atom is 0.286 e. The Kier molecular flexibility index (Phi) is 4.30. The maximum atomic E-state index is 12.8. The van der Waals surface area contributed by atoms with Crippen molar-refractivity contribution < 1.29 is 14.3 Å². The number of nitrogens with zero attached hydrogens (tertiary/aromatic N) is 3. The molecule has 1 amide bonds. The van der Waals surface area contributed by atoms with Crippen molar-refractivity contribution in [2.75, 3.05) is 19.7 Å². The first-order chi connectivity index (χ1) is 14.7. The first kappa shape index (κ1) is 18.3. The van der Waals surface area contributed by atoms with Gasteiger partial charge in [-0.05, 0) is 41.8 Å². The molecule has 5 heterocycles. The second kappa shape index (κ2) is 7.04. The van der Waals surface area contributed by atoms with Gasteiger partial charge in [0, 0.05) is 30.4 Å². The molecule has 1 fully saturated rings. The first-order valence-corrected chi connectivity index (χ1v) is 11.1. The molecule has 0 bridgehead atoms. The van der Waals surface area contributed by atoms with Gasteiger partial charge in [-0.3, -0.25) is 9.78 Å². The molecule has 1 spiro atoms. The molecule has 0 radical (unpaired) electrons. The van der Waals surface area contributed by atoms with Crippen LogP contribution in [0.25, 0.3) is 5.57 Å². The monoisotopic (exact) mass is 419 g/mol. The summed E-state index contributed by atoms with van der Waals surface area (Å²) in [5, 5.41) is 0.796. The van der Waals surface area contributed by atoms with Gasteiger partial charge < -0.3 is 14.4 Å². The Hall–Kier alpha value is -2.48. The number of hydrogen-bond acceptors (Lipinski definition) is 6. The second-order valence-electron chi connectivity index (χ2n) is 8.03. The van der Waals surface area contributed by atoms with Crippen molar-refractivity contribution in [3.63, 3.8) is 0 Å². The third kappa shape index (κ3) is 2.84. The zero-order valence-corrected chi connectivity index (χ0v) is 17.3. The minimum atomic E-state index is -0.245. The van der Waals surface area contributed by atoms with E-state index in [0.717, 1.165) is 53.5 Å². The molecule has 2 aromatic rings. The lowest BCUT2D eigenvalue weighted by Gasteiger charge is -2.39. The SMILES string of the molecule is O=C1N=C(N2CCC3(CC2)OCc2ncccc23)S/C1=C1/COCc2ccccc21. The van der Waals surface area contributed by atoms with Gasteiger partial charge in [0.1, 0.15) is 0 Å². The van der Waals surface area contributed by atoms with E-state index in [9.17, 15) is 4.79 Å². The van der Waals surface area contributed by atoms with E-state index in [-0.39, 0.29) is 11.5 Å². The average Bonchev–Trinajstić information content (AvgIpc) is 3.35. The van der Waals surface area contributed by atoms with E-state index in [4.69, 9.17) is 9.47 Å². The Bertz CT molecular complexity index is 1100. The van der Waals surface area contributed by atoms with Crippen molar-refractivity contribution in [2.45, 2.75) is 31.7 Å². The Morgan fingerprint density at radius 2 is 1.90 bits per heavy atom. The van der Waals surface area contributed by atoms with E-state index in [1.807, 2.05) is 24.4 Å². The number of carbonyl (C=O) groups excluding carboxylic acids is 1. The highest BCUT2D eigenvalue weighted by molar-refractivity contribution is 8.18. The average molecular weight is 420 g/mol. The number of pyridine rings is 1. The van der Waals surface area contributed by atoms with E-state index in [1.165, 1.54) is 17.3 Å². The van der Waals surface area contributed by atoms with E-state index >= 15 is 0 Å². The maximum absolute atomic E-state index is 12.8. The number of hydrogen-bond donors (Lipinski definition) is 0. The number of likely N-dealkylation sites (tertiary alicyclic amines) is 1. The highest BCUT2D eigenvalue weighted by Crippen LogP contribution is 2.45. The molecule has 0 saturated carbocycles. The molecule has 1 aromatic heterocycles. The number of amidine groups is 1. The molecule has 152 valence electrons. The third-order valence-electron chi connectivity index (χ3n) is 6.41. The fourth-order valence-corrected chi connectivity index (χ4v) is 5.86. The van der Waals surface area contributed by atoms with Crippen molar-refractivity contribution in [2.24, 2.45) is 4.99 Å². The quantitative estimate of drug-likeness (QED) is 0.610. The number of amides is 1. The minimum Gasteiger partial charge on any atom is -0.372 e. The molecule has 6 nitrogen and oxygen atoms in total. The molecular weight excluding hydrogens is 398 g/mol. The number of fused-ring (bicyclic) bond motifs is 3. The number of carbonyl (C=O) groups is 1. The molecule has 0 aliphatic carbocycles. The largest absolute Gasteiger partial charge is 0.372 e. The standard InChI is InChI=1S/C23H21N3O3S/c27-21-20(17-13-28-12-15-4-1-2-5-16(15)17)30-22(25-21)26-10-7-23(8-11-26)18-6-3-9-24-19(18)14-29-23/h1-6,9H,7-8,10-14H2/b20-17-. The summed E-state index contributed by atoms with van der Waals surface area (Å²) in [6.07, 6.45) is 3.57. The van der Waals surface area contributed by atoms with Gasteiger partial charge in [0.2, 0.25) is 0 Å². The number of ether oxygens (including phenoxy) is 2. The predicted molar refractivity (Wildman–Crippen MR) is 115 cm³/mol. The van der Waals surface area contributed by atoms with Gasteiger partial charge in [-0.25, -0.2) is 0 Å². The lowest BCUT2D eigenvalue weighted by molar-refractivity contribution is -0.113. The van der Waals surface area contributed by atoms with Crippen LogP contribution in [0, 0.1) is 0 Å². The smallest absolute Gasteiger partial charge is 0.286 e. The molecule has 0 N–H and O–H groups in total. The van der Waals surface area contributed by atoms with Crippen LogP contribution in [0.15, 0.2) is 52.5 Å². The fraction of sp³-hybridized carbons (Fsp3) is 0.348. The van der Waals surface area contributed by atoms with Crippen LogP contribution >= 0.6 is 11.8 Å². The topological polar surface area (TPSA) is 64.0 Å². The molecule has 6 rings (SSSR count). The zero-order valence-electron chi connectivity index (χ0n) is 16.5. The summed E-state index contributed by atoms with van der Waals surface area (Å²) in [7, 11) is 0. The predicted octanol–water partition coefficient (Wildman–Crippen LogP) is 3.47. The number of aromatic nitrogens is 1. The van der Waals surface area contributed by atoms with E-state index in [1.54, 1.807) is 0 Å². The number of benzene rings is 1. The summed E-state index contributed by atoms with van der Waals surface area (Å²) in [6.45, 7) is 3.24. The fourth-order valence-electron chi connectivity index (χ4n) is 4.82. The number of piperidine rings is 1. The zero-order chi connectivity index (χ0) is 20.1. The number of thioether (sulfide) groups is 1. The summed E-state index contributed by atoms with van der Waals surface area (Å²) >= 11 is 1.48. The Morgan fingerprint density at radius 1 is 1.03 bits per heavy atom. The molecule has 4 aliphatic rings. The van der Waals surface area contributed by atoms with Crippen molar-refractivity contribution in [1.29, 1.82) is 0 Å². The van der Waals surface area contributed by atoms with Crippen molar-refractivity contribution in [3.05, 3.63) is 69.9 Å². The van der Waals surface area contributed by atoms with Crippen molar-refractivity contribution in [3.8, 4) is 0 Å². The molecule has 4 aliphatic heterocycles. The van der Waals surface area contributed by atoms with Gasteiger partial charge in [-0.1, -0.05) is 30.3 Å². The molecule has 1 aromatic carbocycles. The summed E-state index contributed by atoms with van der Waals surface area (Å²) in [6, 6.07) is 12.3. The van der Waals surface area contributed by atoms with Crippen molar-refractivity contribution >= 4 is 28.4 Å². The Labute approximate surface area is 179 Å². The number of rotatable bonds is 0. The van der Waals surface area contributed by atoms with Crippen molar-refractivity contribution in [1.82, 2.24) is 9.88 Å². The van der Waals surface area contributed by atoms with Crippen LogP contribution in [-0.4, -0.2) is 40.7 Å². The van der Waals surface area contributed by atoms with E-state index in [0.29, 0.717) is 24.7 Å². The highest BCUT2D eigenvalue weighted by Gasteiger charge is 2.44. The summed E-state index contributed by atoms with van der Waals surface area (Å²) < 4.78 is 11.9. The minimum absolute atomic E-state index is 0.155. The third-order valence-corrected chi connectivity index (χ3v) is 7.57. The molecule has 30 heavy (non-hydrogen) atoms. The Balaban J connectivity index is 1.22. The van der Waals surface area contributed by atoms with Gasteiger partial charge in [0.25, 0.3) is 5.91 Å². The first-order valence-electron chi connectivity index (χ1n) is 10.3. The normalized spacial score (nSPS) is 24.7. The molecular formula is C23H21N3O3S. The molecule has 0 unspecified atom stereocenters. The Morgan fingerprint density at radius 3 is 2.80 bits per heavy atom. The second-order valence-corrected chi connectivity index (χ2v) is 9.00. The van der Waals surface area contributed by atoms with Crippen LogP contribution in [0.1, 0.15) is 35.2 Å². The molecule has 7 heteroatoms. The van der Waals surface area contributed by atoms with Gasteiger partial charge in [-0.2, -0.15) is 4.99 Å². The van der Waals surface area contributed by atoms with E-state index in [2.05, 4.69) is 33.1 Å². The van der Waals surface area contributed by atoms with Crippen LogP contribution in [0.4, 0.5) is 0 Å². The number of aliphatic imine (C=N–C) groups is 1. The summed E-state index contributed by atoms with van der Waals surface area (Å²) in [5.74, 6) is -0.155. The van der Waals surface area contributed by atoms with Crippen LogP contribution in [-0.2, 0) is 33.1 Å².